The molecule has 1 rings (SSSR count). The fourth-order valence-corrected chi connectivity index (χ4v) is 1.86. The molecular formula is C11H20N2O4. The van der Waals surface area contributed by atoms with Crippen molar-refractivity contribution in [3.63, 3.8) is 0 Å². The number of aliphatic hydroxyl groups excluding tert-OH is 1. The second-order valence-electron chi connectivity index (χ2n) is 4.08. The lowest BCUT2D eigenvalue weighted by molar-refractivity contribution is -0.138. The average molecular weight is 244 g/mol. The molecule has 0 aromatic carbocycles. The van der Waals surface area contributed by atoms with Crippen LogP contribution in [0.5, 0.6) is 0 Å². The third kappa shape index (κ3) is 4.32. The fourth-order valence-electron chi connectivity index (χ4n) is 1.86. The maximum atomic E-state index is 12.1. The van der Waals surface area contributed by atoms with Crippen LogP contribution in [0.3, 0.4) is 0 Å². The summed E-state index contributed by atoms with van der Waals surface area (Å²) in [5, 5.41) is 11.6. The van der Waals surface area contributed by atoms with Crippen molar-refractivity contribution in [2.24, 2.45) is 5.92 Å². The molecule has 2 N–H and O–H groups in total. The summed E-state index contributed by atoms with van der Waals surface area (Å²) in [4.78, 5) is 24.7. The summed E-state index contributed by atoms with van der Waals surface area (Å²) in [6.45, 7) is 1.57. The van der Waals surface area contributed by atoms with Crippen molar-refractivity contribution < 1.29 is 19.4 Å². The molecule has 6 heteroatoms. The Balaban J connectivity index is 2.48. The van der Waals surface area contributed by atoms with Crippen LogP contribution in [-0.2, 0) is 14.3 Å². The Morgan fingerprint density at radius 1 is 1.59 bits per heavy atom. The normalized spacial score (nSPS) is 19.9. The summed E-state index contributed by atoms with van der Waals surface area (Å²) in [6, 6.07) is 0. The van der Waals surface area contributed by atoms with E-state index in [0.29, 0.717) is 39.1 Å². The van der Waals surface area contributed by atoms with E-state index >= 15 is 0 Å². The van der Waals surface area contributed by atoms with E-state index in [0.717, 1.165) is 0 Å². The van der Waals surface area contributed by atoms with Crippen molar-refractivity contribution in [2.75, 3.05) is 40.0 Å². The summed E-state index contributed by atoms with van der Waals surface area (Å²) in [7, 11) is 1.57. The third-order valence-corrected chi connectivity index (χ3v) is 2.86. The molecule has 17 heavy (non-hydrogen) atoms. The Morgan fingerprint density at radius 2 is 2.35 bits per heavy atom. The predicted octanol–water partition coefficient (Wildman–Crippen LogP) is -1.02. The van der Waals surface area contributed by atoms with Gasteiger partial charge in [-0.1, -0.05) is 0 Å². The Labute approximate surface area is 101 Å². The minimum atomic E-state index is -0.170. The largest absolute Gasteiger partial charge is 0.395 e. The molecule has 0 aliphatic carbocycles. The van der Waals surface area contributed by atoms with Crippen LogP contribution in [0, 0.1) is 5.92 Å². The van der Waals surface area contributed by atoms with E-state index < -0.39 is 0 Å². The molecule has 0 saturated carbocycles. The topological polar surface area (TPSA) is 78.9 Å². The molecule has 0 aromatic heterocycles. The van der Waals surface area contributed by atoms with E-state index in [-0.39, 0.29) is 24.3 Å². The molecule has 1 atom stereocenters. The number of carbonyl (C=O) groups is 2. The van der Waals surface area contributed by atoms with Gasteiger partial charge in [0.05, 0.1) is 19.1 Å². The number of piperidine rings is 1. The lowest BCUT2D eigenvalue weighted by atomic mass is 9.97. The lowest BCUT2D eigenvalue weighted by Crippen LogP contribution is -2.46. The Hall–Kier alpha value is -1.14. The number of ether oxygens (including phenoxy) is 1. The first-order chi connectivity index (χ1) is 8.19. The van der Waals surface area contributed by atoms with Gasteiger partial charge in [-0.25, -0.2) is 0 Å². The van der Waals surface area contributed by atoms with Crippen LogP contribution in [-0.4, -0.2) is 61.8 Å². The second kappa shape index (κ2) is 7.24. The number of hydrogen-bond donors (Lipinski definition) is 2. The van der Waals surface area contributed by atoms with Gasteiger partial charge in [-0.3, -0.25) is 9.59 Å². The first-order valence-corrected chi connectivity index (χ1v) is 5.84. The molecule has 98 valence electrons. The highest BCUT2D eigenvalue weighted by Crippen LogP contribution is 2.14. The number of carbonyl (C=O) groups excluding carboxylic acids is 2. The van der Waals surface area contributed by atoms with Crippen molar-refractivity contribution in [2.45, 2.75) is 12.8 Å². The van der Waals surface area contributed by atoms with Gasteiger partial charge in [0.1, 0.15) is 0 Å². The lowest BCUT2D eigenvalue weighted by Gasteiger charge is -2.28. The van der Waals surface area contributed by atoms with Crippen LogP contribution < -0.4 is 5.32 Å². The quantitative estimate of drug-likeness (QED) is 0.627. The number of nitrogens with zero attached hydrogens (tertiary/aromatic N) is 1. The van der Waals surface area contributed by atoms with Crippen LogP contribution in [0.15, 0.2) is 0 Å². The first kappa shape index (κ1) is 13.9. The number of rotatable bonds is 6. The fraction of sp³-hybridized carbons (Fsp3) is 0.818. The smallest absolute Gasteiger partial charge is 0.227 e. The van der Waals surface area contributed by atoms with Gasteiger partial charge in [0.2, 0.25) is 11.8 Å². The number of amides is 2. The monoisotopic (exact) mass is 244 g/mol. The van der Waals surface area contributed by atoms with Crippen LogP contribution in [0.25, 0.3) is 0 Å². The molecule has 0 aromatic rings. The number of aliphatic hydroxyl groups is 1. The van der Waals surface area contributed by atoms with Crippen molar-refractivity contribution in [1.82, 2.24) is 10.2 Å². The zero-order valence-corrected chi connectivity index (χ0v) is 10.1. The molecule has 1 aliphatic rings. The summed E-state index contributed by atoms with van der Waals surface area (Å²) >= 11 is 0. The van der Waals surface area contributed by atoms with Gasteiger partial charge in [0, 0.05) is 33.2 Å². The SMILES string of the molecule is COCCN(CCO)C(=O)C1CCC(=O)NC1. The summed E-state index contributed by atoms with van der Waals surface area (Å²) in [5.74, 6) is -0.188. The van der Waals surface area contributed by atoms with Gasteiger partial charge in [0.15, 0.2) is 0 Å². The molecule has 1 heterocycles. The molecule has 6 nitrogen and oxygen atoms in total. The van der Waals surface area contributed by atoms with Crippen LogP contribution in [0.4, 0.5) is 0 Å². The highest BCUT2D eigenvalue weighted by molar-refractivity contribution is 5.83. The molecule has 2 amide bonds. The van der Waals surface area contributed by atoms with Crippen LogP contribution >= 0.6 is 0 Å². The van der Waals surface area contributed by atoms with Gasteiger partial charge in [-0.15, -0.1) is 0 Å². The van der Waals surface area contributed by atoms with Gasteiger partial charge in [0.25, 0.3) is 0 Å². The molecule has 0 spiro atoms. The number of methoxy groups -OCH3 is 1. The summed E-state index contributed by atoms with van der Waals surface area (Å²) in [6.07, 6.45) is 0.979. The van der Waals surface area contributed by atoms with E-state index in [2.05, 4.69) is 5.32 Å². The molecule has 0 bridgehead atoms. The van der Waals surface area contributed by atoms with Gasteiger partial charge >= 0.3 is 0 Å². The number of hydrogen-bond acceptors (Lipinski definition) is 4. The van der Waals surface area contributed by atoms with E-state index in [1.54, 1.807) is 12.0 Å². The molecule has 1 aliphatic heterocycles. The molecular weight excluding hydrogens is 224 g/mol. The standard InChI is InChI=1S/C11H20N2O4/c1-17-7-5-13(4-6-14)11(16)9-2-3-10(15)12-8-9/h9,14H,2-8H2,1H3,(H,12,15). The number of nitrogens with one attached hydrogen (secondary N) is 1. The average Bonchev–Trinajstić information content (AvgIpc) is 2.34. The van der Waals surface area contributed by atoms with E-state index in [9.17, 15) is 9.59 Å². The molecule has 1 unspecified atom stereocenters. The van der Waals surface area contributed by atoms with Crippen molar-refractivity contribution in [1.29, 1.82) is 0 Å². The highest BCUT2D eigenvalue weighted by Gasteiger charge is 2.27. The molecule has 1 saturated heterocycles. The highest BCUT2D eigenvalue weighted by atomic mass is 16.5. The van der Waals surface area contributed by atoms with Gasteiger partial charge in [-0.05, 0) is 6.42 Å². The zero-order chi connectivity index (χ0) is 12.7. The maximum Gasteiger partial charge on any atom is 0.227 e. The minimum Gasteiger partial charge on any atom is -0.395 e. The zero-order valence-electron chi connectivity index (χ0n) is 10.1. The maximum absolute atomic E-state index is 12.1. The van der Waals surface area contributed by atoms with E-state index in [1.165, 1.54) is 0 Å². The van der Waals surface area contributed by atoms with E-state index in [1.807, 2.05) is 0 Å². The van der Waals surface area contributed by atoms with Crippen LogP contribution in [0.1, 0.15) is 12.8 Å². The third-order valence-electron chi connectivity index (χ3n) is 2.86. The van der Waals surface area contributed by atoms with Crippen molar-refractivity contribution >= 4 is 11.8 Å². The van der Waals surface area contributed by atoms with Gasteiger partial charge in [-0.2, -0.15) is 0 Å². The molecule has 0 radical (unpaired) electrons. The van der Waals surface area contributed by atoms with Crippen molar-refractivity contribution in [3.05, 3.63) is 0 Å². The van der Waals surface area contributed by atoms with E-state index in [4.69, 9.17) is 9.84 Å². The minimum absolute atomic E-state index is 0.000324. The Bertz CT molecular complexity index is 260. The second-order valence-corrected chi connectivity index (χ2v) is 4.08. The Kier molecular flexibility index (Phi) is 5.93. The summed E-state index contributed by atoms with van der Waals surface area (Å²) in [5.41, 5.74) is 0. The van der Waals surface area contributed by atoms with Crippen LogP contribution in [0.2, 0.25) is 0 Å². The predicted molar refractivity (Wildman–Crippen MR) is 61.3 cm³/mol. The Morgan fingerprint density at radius 3 is 2.88 bits per heavy atom. The molecule has 1 fully saturated rings. The first-order valence-electron chi connectivity index (χ1n) is 5.84. The van der Waals surface area contributed by atoms with Crippen molar-refractivity contribution in [3.8, 4) is 0 Å². The van der Waals surface area contributed by atoms with Gasteiger partial charge < -0.3 is 20.1 Å². The summed E-state index contributed by atoms with van der Waals surface area (Å²) < 4.78 is 4.93.